The number of methoxy groups -OCH3 is 2. The van der Waals surface area contributed by atoms with Gasteiger partial charge in [-0.05, 0) is 24.1 Å². The molecule has 1 unspecified atom stereocenters. The highest BCUT2D eigenvalue weighted by Gasteiger charge is 2.20. The fourth-order valence-corrected chi connectivity index (χ4v) is 1.65. The Morgan fingerprint density at radius 2 is 2.24 bits per heavy atom. The number of benzene rings is 1. The summed E-state index contributed by atoms with van der Waals surface area (Å²) in [5, 5.41) is 0. The van der Waals surface area contributed by atoms with Gasteiger partial charge in [0.15, 0.2) is 0 Å². The third-order valence-electron chi connectivity index (χ3n) is 2.54. The number of carbonyl (C=O) groups excluding carboxylic acids is 1. The Hall–Kier alpha value is -1.97. The Labute approximate surface area is 101 Å². The first kappa shape index (κ1) is 13.1. The van der Waals surface area contributed by atoms with Gasteiger partial charge in [0.1, 0.15) is 5.75 Å². The molecule has 0 spiro atoms. The van der Waals surface area contributed by atoms with Crippen molar-refractivity contribution in [2.45, 2.75) is 12.3 Å². The predicted molar refractivity (Wildman–Crippen MR) is 67.0 cm³/mol. The van der Waals surface area contributed by atoms with E-state index in [9.17, 15) is 4.79 Å². The zero-order chi connectivity index (χ0) is 12.8. The van der Waals surface area contributed by atoms with Crippen molar-refractivity contribution in [3.63, 3.8) is 0 Å². The number of esters is 1. The molecule has 1 rings (SSSR count). The Kier molecular flexibility index (Phi) is 4.57. The van der Waals surface area contributed by atoms with E-state index < -0.39 is 0 Å². The third-order valence-corrected chi connectivity index (χ3v) is 2.54. The smallest absolute Gasteiger partial charge is 0.313 e. The summed E-state index contributed by atoms with van der Waals surface area (Å²) in [6.07, 6.45) is 2.19. The SMILES string of the molecule is C=CCC(C(=O)OC)c1ccc(OC)c(N)c1. The Morgan fingerprint density at radius 1 is 1.53 bits per heavy atom. The van der Waals surface area contributed by atoms with Gasteiger partial charge >= 0.3 is 5.97 Å². The number of hydrogen-bond donors (Lipinski definition) is 1. The van der Waals surface area contributed by atoms with Gasteiger partial charge in [-0.2, -0.15) is 0 Å². The van der Waals surface area contributed by atoms with Gasteiger partial charge in [0, 0.05) is 0 Å². The van der Waals surface area contributed by atoms with Crippen molar-refractivity contribution in [3.8, 4) is 5.75 Å². The van der Waals surface area contributed by atoms with Gasteiger partial charge in [0.25, 0.3) is 0 Å². The van der Waals surface area contributed by atoms with Crippen LogP contribution in [-0.2, 0) is 9.53 Å². The van der Waals surface area contributed by atoms with E-state index in [4.69, 9.17) is 15.2 Å². The topological polar surface area (TPSA) is 61.5 Å². The molecular formula is C13H17NO3. The first-order chi connectivity index (χ1) is 8.13. The molecule has 0 aliphatic carbocycles. The molecule has 0 fully saturated rings. The van der Waals surface area contributed by atoms with Gasteiger partial charge in [-0.3, -0.25) is 4.79 Å². The number of ether oxygens (including phenoxy) is 2. The van der Waals surface area contributed by atoms with Gasteiger partial charge in [-0.1, -0.05) is 12.1 Å². The minimum atomic E-state index is -0.370. The minimum absolute atomic E-state index is 0.297. The van der Waals surface area contributed by atoms with Crippen LogP contribution >= 0.6 is 0 Å². The van der Waals surface area contributed by atoms with Crippen LogP contribution in [0.5, 0.6) is 5.75 Å². The second kappa shape index (κ2) is 5.94. The van der Waals surface area contributed by atoms with Crippen LogP contribution in [0, 0.1) is 0 Å². The summed E-state index contributed by atoms with van der Waals surface area (Å²) in [7, 11) is 2.91. The van der Waals surface area contributed by atoms with Crippen molar-refractivity contribution in [1.29, 1.82) is 0 Å². The van der Waals surface area contributed by atoms with Gasteiger partial charge in [0.2, 0.25) is 0 Å². The van der Waals surface area contributed by atoms with Crippen LogP contribution in [0.2, 0.25) is 0 Å². The van der Waals surface area contributed by atoms with E-state index in [1.54, 1.807) is 31.4 Å². The predicted octanol–water partition coefficient (Wildman–Crippen LogP) is 2.11. The van der Waals surface area contributed by atoms with E-state index in [1.165, 1.54) is 7.11 Å². The normalized spacial score (nSPS) is 11.6. The van der Waals surface area contributed by atoms with Crippen LogP contribution in [0.1, 0.15) is 17.9 Å². The maximum absolute atomic E-state index is 11.6. The van der Waals surface area contributed by atoms with E-state index in [0.717, 1.165) is 5.56 Å². The quantitative estimate of drug-likeness (QED) is 0.482. The van der Waals surface area contributed by atoms with Crippen LogP contribution < -0.4 is 10.5 Å². The van der Waals surface area contributed by atoms with Crippen LogP contribution in [0.25, 0.3) is 0 Å². The van der Waals surface area contributed by atoms with Crippen LogP contribution in [0.3, 0.4) is 0 Å². The van der Waals surface area contributed by atoms with Gasteiger partial charge < -0.3 is 15.2 Å². The van der Waals surface area contributed by atoms with E-state index >= 15 is 0 Å². The summed E-state index contributed by atoms with van der Waals surface area (Å²) in [5.74, 6) is -0.0730. The van der Waals surface area contributed by atoms with Crippen molar-refractivity contribution < 1.29 is 14.3 Å². The second-order valence-electron chi connectivity index (χ2n) is 3.60. The summed E-state index contributed by atoms with van der Waals surface area (Å²) in [6, 6.07) is 5.27. The Bertz CT molecular complexity index is 415. The van der Waals surface area contributed by atoms with E-state index in [-0.39, 0.29) is 11.9 Å². The lowest BCUT2D eigenvalue weighted by Crippen LogP contribution is -2.14. The first-order valence-electron chi connectivity index (χ1n) is 5.26. The highest BCUT2D eigenvalue weighted by Crippen LogP contribution is 2.28. The highest BCUT2D eigenvalue weighted by atomic mass is 16.5. The molecule has 1 atom stereocenters. The average Bonchev–Trinajstić information content (AvgIpc) is 2.35. The van der Waals surface area contributed by atoms with Crippen molar-refractivity contribution in [1.82, 2.24) is 0 Å². The fraction of sp³-hybridized carbons (Fsp3) is 0.308. The summed E-state index contributed by atoms with van der Waals surface area (Å²) in [6.45, 7) is 3.64. The van der Waals surface area contributed by atoms with Crippen molar-refractivity contribution in [2.75, 3.05) is 20.0 Å². The molecule has 17 heavy (non-hydrogen) atoms. The number of nitrogens with two attached hydrogens (primary N) is 1. The number of anilines is 1. The van der Waals surface area contributed by atoms with Crippen LogP contribution in [-0.4, -0.2) is 20.2 Å². The van der Waals surface area contributed by atoms with Crippen LogP contribution in [0.15, 0.2) is 30.9 Å². The van der Waals surface area contributed by atoms with Crippen molar-refractivity contribution in [2.24, 2.45) is 0 Å². The number of hydrogen-bond acceptors (Lipinski definition) is 4. The Balaban J connectivity index is 3.06. The molecule has 92 valence electrons. The summed E-state index contributed by atoms with van der Waals surface area (Å²) in [5.41, 5.74) is 7.11. The second-order valence-corrected chi connectivity index (χ2v) is 3.60. The molecule has 4 nitrogen and oxygen atoms in total. The van der Waals surface area contributed by atoms with E-state index in [2.05, 4.69) is 6.58 Å². The zero-order valence-corrected chi connectivity index (χ0v) is 10.1. The van der Waals surface area contributed by atoms with Crippen molar-refractivity contribution in [3.05, 3.63) is 36.4 Å². The molecule has 0 aliphatic heterocycles. The molecule has 0 aromatic heterocycles. The Morgan fingerprint density at radius 3 is 2.71 bits per heavy atom. The van der Waals surface area contributed by atoms with E-state index in [0.29, 0.717) is 17.9 Å². The van der Waals surface area contributed by atoms with Gasteiger partial charge in [-0.15, -0.1) is 6.58 Å². The lowest BCUT2D eigenvalue weighted by Gasteiger charge is -2.14. The molecule has 2 N–H and O–H groups in total. The summed E-state index contributed by atoms with van der Waals surface area (Å²) >= 11 is 0. The molecule has 0 saturated carbocycles. The van der Waals surface area contributed by atoms with Crippen LogP contribution in [0.4, 0.5) is 5.69 Å². The number of allylic oxidation sites excluding steroid dienone is 1. The highest BCUT2D eigenvalue weighted by molar-refractivity contribution is 5.79. The molecule has 0 bridgehead atoms. The molecule has 1 aromatic carbocycles. The number of nitrogen functional groups attached to an aromatic ring is 1. The summed E-state index contributed by atoms with van der Waals surface area (Å²) < 4.78 is 9.82. The molecule has 0 saturated heterocycles. The van der Waals surface area contributed by atoms with E-state index in [1.807, 2.05) is 0 Å². The molecule has 0 radical (unpaired) electrons. The minimum Gasteiger partial charge on any atom is -0.495 e. The number of carbonyl (C=O) groups is 1. The fourth-order valence-electron chi connectivity index (χ4n) is 1.65. The van der Waals surface area contributed by atoms with Gasteiger partial charge in [0.05, 0.1) is 25.8 Å². The molecular weight excluding hydrogens is 218 g/mol. The maximum Gasteiger partial charge on any atom is 0.313 e. The standard InChI is InChI=1S/C13H17NO3/c1-4-5-10(13(15)17-3)9-6-7-12(16-2)11(14)8-9/h4,6-8,10H,1,5,14H2,2-3H3. The molecule has 0 heterocycles. The molecule has 1 aromatic rings. The average molecular weight is 235 g/mol. The lowest BCUT2D eigenvalue weighted by molar-refractivity contribution is -0.142. The van der Waals surface area contributed by atoms with Crippen molar-refractivity contribution >= 4 is 11.7 Å². The largest absolute Gasteiger partial charge is 0.495 e. The molecule has 0 aliphatic rings. The molecule has 0 amide bonds. The third kappa shape index (κ3) is 3.00. The molecule has 4 heteroatoms. The zero-order valence-electron chi connectivity index (χ0n) is 10.1. The number of rotatable bonds is 5. The maximum atomic E-state index is 11.6. The first-order valence-corrected chi connectivity index (χ1v) is 5.26. The monoisotopic (exact) mass is 235 g/mol. The van der Waals surface area contributed by atoms with Gasteiger partial charge in [-0.25, -0.2) is 0 Å². The lowest BCUT2D eigenvalue weighted by atomic mass is 9.95. The summed E-state index contributed by atoms with van der Waals surface area (Å²) in [4.78, 5) is 11.6.